The van der Waals surface area contributed by atoms with Gasteiger partial charge in [-0.2, -0.15) is 5.26 Å². The van der Waals surface area contributed by atoms with E-state index in [0.717, 1.165) is 36.5 Å². The molecule has 1 aromatic heterocycles. The molecule has 1 aromatic rings. The number of nitriles is 1. The Hall–Kier alpha value is -1.19. The molecule has 0 bridgehead atoms. The summed E-state index contributed by atoms with van der Waals surface area (Å²) in [5.74, 6) is 0.935. The third kappa shape index (κ3) is 2.73. The Morgan fingerprint density at radius 2 is 2.12 bits per heavy atom. The predicted molar refractivity (Wildman–Crippen MR) is 68.6 cm³/mol. The van der Waals surface area contributed by atoms with Crippen LogP contribution in [-0.4, -0.2) is 47.1 Å². The average Bonchev–Trinajstić information content (AvgIpc) is 2.39. The van der Waals surface area contributed by atoms with Crippen molar-refractivity contribution in [2.24, 2.45) is 0 Å². The van der Waals surface area contributed by atoms with Crippen molar-refractivity contribution < 1.29 is 0 Å². The topological polar surface area (TPSA) is 56.1 Å². The van der Waals surface area contributed by atoms with Gasteiger partial charge in [0.2, 0.25) is 0 Å². The average molecular weight is 296 g/mol. The predicted octanol–water partition coefficient (Wildman–Crippen LogP) is 1.27. The Labute approximate surface area is 109 Å². The minimum Gasteiger partial charge on any atom is -0.353 e. The Morgan fingerprint density at radius 3 is 2.71 bits per heavy atom. The second kappa shape index (κ2) is 5.43. The summed E-state index contributed by atoms with van der Waals surface area (Å²) in [5, 5.41) is 8.88. The SMILES string of the molecule is CC(C#N)N1CCN(c2ncncc2Br)CC1. The first kappa shape index (κ1) is 12.3. The maximum absolute atomic E-state index is 8.88. The molecule has 2 rings (SSSR count). The van der Waals surface area contributed by atoms with E-state index in [-0.39, 0.29) is 6.04 Å². The van der Waals surface area contributed by atoms with Crippen molar-refractivity contribution in [1.29, 1.82) is 5.26 Å². The van der Waals surface area contributed by atoms with Crippen molar-refractivity contribution in [1.82, 2.24) is 14.9 Å². The molecule has 0 saturated carbocycles. The number of anilines is 1. The molecule has 0 aromatic carbocycles. The second-order valence-corrected chi connectivity index (χ2v) is 4.88. The van der Waals surface area contributed by atoms with E-state index in [4.69, 9.17) is 5.26 Å². The molecular formula is C11H14BrN5. The molecule has 0 aliphatic carbocycles. The number of piperazine rings is 1. The summed E-state index contributed by atoms with van der Waals surface area (Å²) < 4.78 is 0.918. The summed E-state index contributed by atoms with van der Waals surface area (Å²) in [7, 11) is 0. The van der Waals surface area contributed by atoms with Crippen molar-refractivity contribution in [3.8, 4) is 6.07 Å². The van der Waals surface area contributed by atoms with Gasteiger partial charge in [-0.05, 0) is 22.9 Å². The fraction of sp³-hybridized carbons (Fsp3) is 0.545. The van der Waals surface area contributed by atoms with Crippen molar-refractivity contribution in [2.75, 3.05) is 31.1 Å². The fourth-order valence-electron chi connectivity index (χ4n) is 1.94. The third-order valence-corrected chi connectivity index (χ3v) is 3.56. The van der Waals surface area contributed by atoms with Gasteiger partial charge in [-0.1, -0.05) is 0 Å². The second-order valence-electron chi connectivity index (χ2n) is 4.02. The zero-order valence-corrected chi connectivity index (χ0v) is 11.3. The molecule has 1 aliphatic rings. The van der Waals surface area contributed by atoms with E-state index < -0.39 is 0 Å². The van der Waals surface area contributed by atoms with Gasteiger partial charge < -0.3 is 4.90 Å². The number of rotatable bonds is 2. The van der Waals surface area contributed by atoms with E-state index in [2.05, 4.69) is 41.8 Å². The number of hydrogen-bond donors (Lipinski definition) is 0. The van der Waals surface area contributed by atoms with Gasteiger partial charge in [-0.25, -0.2) is 9.97 Å². The monoisotopic (exact) mass is 295 g/mol. The highest BCUT2D eigenvalue weighted by Crippen LogP contribution is 2.23. The summed E-state index contributed by atoms with van der Waals surface area (Å²) in [6.45, 7) is 5.51. The summed E-state index contributed by atoms with van der Waals surface area (Å²) in [6.07, 6.45) is 3.32. The van der Waals surface area contributed by atoms with Gasteiger partial charge in [0.05, 0.1) is 16.6 Å². The Kier molecular flexibility index (Phi) is 3.92. The van der Waals surface area contributed by atoms with Crippen LogP contribution in [0.2, 0.25) is 0 Å². The van der Waals surface area contributed by atoms with Crippen LogP contribution in [0.15, 0.2) is 17.0 Å². The van der Waals surface area contributed by atoms with Gasteiger partial charge in [-0.15, -0.1) is 0 Å². The zero-order chi connectivity index (χ0) is 12.3. The van der Waals surface area contributed by atoms with Gasteiger partial charge in [0.1, 0.15) is 12.1 Å². The highest BCUT2D eigenvalue weighted by Gasteiger charge is 2.22. The van der Waals surface area contributed by atoms with Gasteiger partial charge in [0, 0.05) is 32.4 Å². The molecule has 0 radical (unpaired) electrons. The van der Waals surface area contributed by atoms with Crippen molar-refractivity contribution >= 4 is 21.7 Å². The first-order chi connectivity index (χ1) is 8.22. The van der Waals surface area contributed by atoms with Crippen molar-refractivity contribution in [2.45, 2.75) is 13.0 Å². The molecule has 5 nitrogen and oxygen atoms in total. The minimum atomic E-state index is -0.00834. The highest BCUT2D eigenvalue weighted by molar-refractivity contribution is 9.10. The number of hydrogen-bond acceptors (Lipinski definition) is 5. The molecule has 0 amide bonds. The quantitative estimate of drug-likeness (QED) is 0.822. The van der Waals surface area contributed by atoms with Crippen LogP contribution in [0.5, 0.6) is 0 Å². The fourth-order valence-corrected chi connectivity index (χ4v) is 2.41. The van der Waals surface area contributed by atoms with Crippen LogP contribution >= 0.6 is 15.9 Å². The van der Waals surface area contributed by atoms with E-state index in [1.807, 2.05) is 6.92 Å². The van der Waals surface area contributed by atoms with E-state index >= 15 is 0 Å². The Morgan fingerprint density at radius 1 is 1.41 bits per heavy atom. The third-order valence-electron chi connectivity index (χ3n) is 3.00. The van der Waals surface area contributed by atoms with E-state index in [0.29, 0.717) is 0 Å². The van der Waals surface area contributed by atoms with E-state index in [1.165, 1.54) is 0 Å². The maximum Gasteiger partial charge on any atom is 0.146 e. The number of aromatic nitrogens is 2. The first-order valence-corrected chi connectivity index (χ1v) is 6.36. The van der Waals surface area contributed by atoms with Crippen LogP contribution in [-0.2, 0) is 0 Å². The lowest BCUT2D eigenvalue weighted by atomic mass is 10.2. The minimum absolute atomic E-state index is 0.00834. The van der Waals surface area contributed by atoms with Crippen LogP contribution in [0.3, 0.4) is 0 Å². The van der Waals surface area contributed by atoms with Crippen LogP contribution in [0.25, 0.3) is 0 Å². The van der Waals surface area contributed by atoms with Gasteiger partial charge in [0.25, 0.3) is 0 Å². The lowest BCUT2D eigenvalue weighted by Gasteiger charge is -2.36. The summed E-state index contributed by atoms with van der Waals surface area (Å²) in [4.78, 5) is 12.6. The molecule has 1 saturated heterocycles. The summed E-state index contributed by atoms with van der Waals surface area (Å²) >= 11 is 3.46. The molecule has 17 heavy (non-hydrogen) atoms. The molecule has 0 spiro atoms. The first-order valence-electron chi connectivity index (χ1n) is 5.56. The van der Waals surface area contributed by atoms with Gasteiger partial charge >= 0.3 is 0 Å². The van der Waals surface area contributed by atoms with Gasteiger partial charge in [0.15, 0.2) is 0 Å². The molecule has 1 atom stereocenters. The molecule has 0 N–H and O–H groups in total. The van der Waals surface area contributed by atoms with Crippen LogP contribution in [0.4, 0.5) is 5.82 Å². The van der Waals surface area contributed by atoms with Crippen molar-refractivity contribution in [3.63, 3.8) is 0 Å². The van der Waals surface area contributed by atoms with Gasteiger partial charge in [-0.3, -0.25) is 4.90 Å². The maximum atomic E-state index is 8.88. The Balaban J connectivity index is 2.01. The normalized spacial score (nSPS) is 18.8. The van der Waals surface area contributed by atoms with Crippen LogP contribution in [0.1, 0.15) is 6.92 Å². The zero-order valence-electron chi connectivity index (χ0n) is 9.67. The lowest BCUT2D eigenvalue weighted by Crippen LogP contribution is -2.49. The molecule has 6 heteroatoms. The van der Waals surface area contributed by atoms with E-state index in [9.17, 15) is 0 Å². The highest BCUT2D eigenvalue weighted by atomic mass is 79.9. The smallest absolute Gasteiger partial charge is 0.146 e. The standard InChI is InChI=1S/C11H14BrN5/c1-9(6-13)16-2-4-17(5-3-16)11-10(12)7-14-8-15-11/h7-9H,2-5H2,1H3. The number of nitrogens with zero attached hydrogens (tertiary/aromatic N) is 5. The molecule has 2 heterocycles. The summed E-state index contributed by atoms with van der Waals surface area (Å²) in [6, 6.07) is 2.26. The van der Waals surface area contributed by atoms with E-state index in [1.54, 1.807) is 12.5 Å². The number of halogens is 1. The molecule has 1 fully saturated rings. The lowest BCUT2D eigenvalue weighted by molar-refractivity contribution is 0.231. The molecule has 90 valence electrons. The van der Waals surface area contributed by atoms with Crippen LogP contribution < -0.4 is 4.90 Å². The van der Waals surface area contributed by atoms with Crippen LogP contribution in [0, 0.1) is 11.3 Å². The Bertz CT molecular complexity index is 422. The summed E-state index contributed by atoms with van der Waals surface area (Å²) in [5.41, 5.74) is 0. The molecular weight excluding hydrogens is 282 g/mol. The molecule has 1 unspecified atom stereocenters. The largest absolute Gasteiger partial charge is 0.353 e. The van der Waals surface area contributed by atoms with Crippen molar-refractivity contribution in [3.05, 3.63) is 17.0 Å². The molecule has 1 aliphatic heterocycles.